The molecule has 4 nitrogen and oxygen atoms in total. The molecule has 1 amide bonds. The van der Waals surface area contributed by atoms with E-state index in [4.69, 9.17) is 0 Å². The number of rotatable bonds is 4. The van der Waals surface area contributed by atoms with E-state index in [1.54, 1.807) is 24.7 Å². The Morgan fingerprint density at radius 2 is 1.81 bits per heavy atom. The summed E-state index contributed by atoms with van der Waals surface area (Å²) < 4.78 is 1.97. The Bertz CT molecular complexity index is 721. The molecule has 0 atom stereocenters. The molecular formula is C17H15N3O. The second kappa shape index (κ2) is 6.05. The van der Waals surface area contributed by atoms with E-state index >= 15 is 0 Å². The van der Waals surface area contributed by atoms with Crippen LogP contribution in [0.25, 0.3) is 0 Å². The molecule has 1 heterocycles. The first-order valence-corrected chi connectivity index (χ1v) is 6.73. The third-order valence-electron chi connectivity index (χ3n) is 3.21. The Morgan fingerprint density at radius 3 is 2.57 bits per heavy atom. The lowest BCUT2D eigenvalue weighted by molar-refractivity contribution is 0.102. The molecule has 0 bridgehead atoms. The largest absolute Gasteiger partial charge is 0.333 e. The third-order valence-corrected chi connectivity index (χ3v) is 3.21. The highest BCUT2D eigenvalue weighted by molar-refractivity contribution is 6.04. The first-order valence-electron chi connectivity index (χ1n) is 6.73. The number of imidazole rings is 1. The molecule has 1 aromatic heterocycles. The molecule has 21 heavy (non-hydrogen) atoms. The maximum Gasteiger partial charge on any atom is 0.255 e. The Morgan fingerprint density at radius 1 is 1.05 bits per heavy atom. The number of para-hydroxylation sites is 1. The van der Waals surface area contributed by atoms with Crippen molar-refractivity contribution in [2.24, 2.45) is 0 Å². The van der Waals surface area contributed by atoms with Crippen molar-refractivity contribution in [2.45, 2.75) is 6.54 Å². The molecule has 0 saturated heterocycles. The fraction of sp³-hybridized carbons (Fsp3) is 0.0588. The van der Waals surface area contributed by atoms with E-state index in [0.29, 0.717) is 12.1 Å². The van der Waals surface area contributed by atoms with E-state index in [0.717, 1.165) is 11.3 Å². The number of nitrogens with zero attached hydrogens (tertiary/aromatic N) is 2. The maximum absolute atomic E-state index is 12.2. The predicted molar refractivity (Wildman–Crippen MR) is 82.2 cm³/mol. The molecule has 3 aromatic rings. The van der Waals surface area contributed by atoms with Crippen molar-refractivity contribution in [2.75, 3.05) is 5.32 Å². The number of hydrogen-bond acceptors (Lipinski definition) is 2. The number of nitrogens with one attached hydrogen (secondary N) is 1. The van der Waals surface area contributed by atoms with Gasteiger partial charge in [-0.15, -0.1) is 0 Å². The summed E-state index contributed by atoms with van der Waals surface area (Å²) in [7, 11) is 0. The standard InChI is InChI=1S/C17H15N3O/c21-17(14-6-2-1-3-7-14)19-16-9-5-4-8-15(16)12-20-11-10-18-13-20/h1-11,13H,12H2,(H,19,21). The van der Waals surface area contributed by atoms with Crippen LogP contribution in [0.2, 0.25) is 0 Å². The molecule has 104 valence electrons. The molecule has 0 aliphatic carbocycles. The summed E-state index contributed by atoms with van der Waals surface area (Å²) in [6, 6.07) is 17.0. The van der Waals surface area contributed by atoms with Gasteiger partial charge in [-0.25, -0.2) is 4.98 Å². The Hall–Kier alpha value is -2.88. The predicted octanol–water partition coefficient (Wildman–Crippen LogP) is 3.18. The van der Waals surface area contributed by atoms with Gasteiger partial charge in [-0.05, 0) is 23.8 Å². The molecule has 0 unspecified atom stereocenters. The van der Waals surface area contributed by atoms with Crippen LogP contribution in [-0.2, 0) is 6.54 Å². The van der Waals surface area contributed by atoms with Crippen LogP contribution in [0.3, 0.4) is 0 Å². The molecule has 0 radical (unpaired) electrons. The number of benzene rings is 2. The van der Waals surface area contributed by atoms with Crippen molar-refractivity contribution >= 4 is 11.6 Å². The lowest BCUT2D eigenvalue weighted by atomic mass is 10.1. The van der Waals surface area contributed by atoms with E-state index in [9.17, 15) is 4.79 Å². The summed E-state index contributed by atoms with van der Waals surface area (Å²) in [5.41, 5.74) is 2.51. The van der Waals surface area contributed by atoms with Crippen LogP contribution in [0.15, 0.2) is 73.3 Å². The third kappa shape index (κ3) is 3.17. The summed E-state index contributed by atoms with van der Waals surface area (Å²) in [5, 5.41) is 2.97. The lowest BCUT2D eigenvalue weighted by Crippen LogP contribution is -2.13. The highest BCUT2D eigenvalue weighted by Gasteiger charge is 2.08. The quantitative estimate of drug-likeness (QED) is 0.796. The van der Waals surface area contributed by atoms with Gasteiger partial charge in [0.15, 0.2) is 0 Å². The topological polar surface area (TPSA) is 46.9 Å². The molecule has 0 aliphatic heterocycles. The van der Waals surface area contributed by atoms with Gasteiger partial charge in [0.25, 0.3) is 5.91 Å². The Labute approximate surface area is 123 Å². The summed E-state index contributed by atoms with van der Waals surface area (Å²) in [4.78, 5) is 16.3. The van der Waals surface area contributed by atoms with Gasteiger partial charge in [0.2, 0.25) is 0 Å². The fourth-order valence-electron chi connectivity index (χ4n) is 2.14. The van der Waals surface area contributed by atoms with Crippen LogP contribution in [0, 0.1) is 0 Å². The van der Waals surface area contributed by atoms with Gasteiger partial charge >= 0.3 is 0 Å². The van der Waals surface area contributed by atoms with Gasteiger partial charge in [0.05, 0.1) is 12.9 Å². The summed E-state index contributed by atoms with van der Waals surface area (Å²) in [6.07, 6.45) is 5.40. The molecule has 0 fully saturated rings. The average Bonchev–Trinajstić information content (AvgIpc) is 3.03. The highest BCUT2D eigenvalue weighted by atomic mass is 16.1. The van der Waals surface area contributed by atoms with E-state index in [-0.39, 0.29) is 5.91 Å². The zero-order chi connectivity index (χ0) is 14.5. The van der Waals surface area contributed by atoms with Crippen LogP contribution in [0.4, 0.5) is 5.69 Å². The number of anilines is 1. The molecule has 0 spiro atoms. The Kier molecular flexibility index (Phi) is 3.78. The minimum Gasteiger partial charge on any atom is -0.333 e. The van der Waals surface area contributed by atoms with Crippen LogP contribution in [0.1, 0.15) is 15.9 Å². The lowest BCUT2D eigenvalue weighted by Gasteiger charge is -2.11. The van der Waals surface area contributed by atoms with Crippen molar-refractivity contribution in [3.05, 3.63) is 84.4 Å². The van der Waals surface area contributed by atoms with E-state index in [1.165, 1.54) is 0 Å². The van der Waals surface area contributed by atoms with E-state index in [1.807, 2.05) is 53.2 Å². The molecule has 4 heteroatoms. The van der Waals surface area contributed by atoms with Crippen molar-refractivity contribution in [3.63, 3.8) is 0 Å². The van der Waals surface area contributed by atoms with Gasteiger partial charge in [-0.2, -0.15) is 0 Å². The zero-order valence-electron chi connectivity index (χ0n) is 11.4. The monoisotopic (exact) mass is 277 g/mol. The molecule has 0 aliphatic rings. The van der Waals surface area contributed by atoms with Crippen molar-refractivity contribution < 1.29 is 4.79 Å². The van der Waals surface area contributed by atoms with Crippen LogP contribution in [0.5, 0.6) is 0 Å². The number of carbonyl (C=O) groups is 1. The first kappa shape index (κ1) is 13.1. The number of amides is 1. The zero-order valence-corrected chi connectivity index (χ0v) is 11.4. The smallest absolute Gasteiger partial charge is 0.255 e. The molecule has 3 rings (SSSR count). The van der Waals surface area contributed by atoms with Crippen LogP contribution in [-0.4, -0.2) is 15.5 Å². The maximum atomic E-state index is 12.2. The molecule has 1 N–H and O–H groups in total. The average molecular weight is 277 g/mol. The molecular weight excluding hydrogens is 262 g/mol. The Balaban J connectivity index is 1.81. The summed E-state index contributed by atoms with van der Waals surface area (Å²) >= 11 is 0. The van der Waals surface area contributed by atoms with Gasteiger partial charge in [-0.1, -0.05) is 36.4 Å². The van der Waals surface area contributed by atoms with Crippen LogP contribution < -0.4 is 5.32 Å². The SMILES string of the molecule is O=C(Nc1ccccc1Cn1ccnc1)c1ccccc1. The molecule has 0 saturated carbocycles. The van der Waals surface area contributed by atoms with Gasteiger partial charge in [0, 0.05) is 23.6 Å². The minimum atomic E-state index is -0.103. The first-order chi connectivity index (χ1) is 10.3. The van der Waals surface area contributed by atoms with Crippen molar-refractivity contribution in [3.8, 4) is 0 Å². The second-order valence-electron chi connectivity index (χ2n) is 4.71. The van der Waals surface area contributed by atoms with Gasteiger partial charge in [-0.3, -0.25) is 4.79 Å². The van der Waals surface area contributed by atoms with Crippen molar-refractivity contribution in [1.82, 2.24) is 9.55 Å². The number of carbonyl (C=O) groups excluding carboxylic acids is 1. The number of hydrogen-bond donors (Lipinski definition) is 1. The van der Waals surface area contributed by atoms with E-state index < -0.39 is 0 Å². The molecule has 2 aromatic carbocycles. The van der Waals surface area contributed by atoms with E-state index in [2.05, 4.69) is 10.3 Å². The fourth-order valence-corrected chi connectivity index (χ4v) is 2.14. The highest BCUT2D eigenvalue weighted by Crippen LogP contribution is 2.17. The second-order valence-corrected chi connectivity index (χ2v) is 4.71. The normalized spacial score (nSPS) is 10.3. The van der Waals surface area contributed by atoms with Gasteiger partial charge in [0.1, 0.15) is 0 Å². The van der Waals surface area contributed by atoms with Gasteiger partial charge < -0.3 is 9.88 Å². The summed E-state index contributed by atoms with van der Waals surface area (Å²) in [6.45, 7) is 0.672. The number of aromatic nitrogens is 2. The summed E-state index contributed by atoms with van der Waals surface area (Å²) in [5.74, 6) is -0.103. The van der Waals surface area contributed by atoms with Crippen LogP contribution >= 0.6 is 0 Å². The van der Waals surface area contributed by atoms with Crippen molar-refractivity contribution in [1.29, 1.82) is 0 Å². The minimum absolute atomic E-state index is 0.103.